The van der Waals surface area contributed by atoms with E-state index in [1.54, 1.807) is 16.9 Å². The Bertz CT molecular complexity index is 1050. The summed E-state index contributed by atoms with van der Waals surface area (Å²) in [6.45, 7) is 3.88. The molecular formula is C17H17F5N6O. The molecule has 3 rings (SSSR count). The van der Waals surface area contributed by atoms with Gasteiger partial charge in [0.15, 0.2) is 11.3 Å². The van der Waals surface area contributed by atoms with Crippen LogP contribution in [-0.2, 0) is 19.0 Å². The van der Waals surface area contributed by atoms with Crippen LogP contribution in [0.4, 0.5) is 22.0 Å². The van der Waals surface area contributed by atoms with Crippen LogP contribution in [0.2, 0.25) is 0 Å². The molecule has 0 spiro atoms. The standard InChI is InChI=1S/C17H17F5N6O/c1-4-27-11(5-6-23-27)9-26(3)15(29)12-8-14-24-10(2)7-13(28(14)25-12)16(18,19)17(20,21)22/h5-8H,4,9H2,1-3H3. The SMILES string of the molecule is CCn1nccc1CN(C)C(=O)c1cc2nc(C)cc(C(F)(F)C(F)(F)F)n2n1. The number of rotatable bonds is 5. The smallest absolute Gasteiger partial charge is 0.334 e. The molecule has 29 heavy (non-hydrogen) atoms. The molecule has 0 fully saturated rings. The van der Waals surface area contributed by atoms with Crippen LogP contribution in [-0.4, -0.2) is 48.4 Å². The van der Waals surface area contributed by atoms with Gasteiger partial charge in [-0.25, -0.2) is 9.50 Å². The maximum atomic E-state index is 14.0. The minimum atomic E-state index is -5.82. The van der Waals surface area contributed by atoms with E-state index in [9.17, 15) is 26.7 Å². The molecular weight excluding hydrogens is 399 g/mol. The van der Waals surface area contributed by atoms with Crippen molar-refractivity contribution < 1.29 is 26.7 Å². The predicted molar refractivity (Wildman–Crippen MR) is 91.4 cm³/mol. The molecule has 0 atom stereocenters. The average molecular weight is 416 g/mol. The second-order valence-electron chi connectivity index (χ2n) is 6.45. The Labute approximate surface area is 161 Å². The minimum absolute atomic E-state index is 0.0597. The molecule has 1 amide bonds. The Hall–Kier alpha value is -3.05. The average Bonchev–Trinajstić information content (AvgIpc) is 3.25. The lowest BCUT2D eigenvalue weighted by molar-refractivity contribution is -0.291. The number of nitrogens with zero attached hydrogens (tertiary/aromatic N) is 6. The van der Waals surface area contributed by atoms with Crippen molar-refractivity contribution >= 4 is 11.6 Å². The number of carbonyl (C=O) groups excluding carboxylic acids is 1. The predicted octanol–water partition coefficient (Wildman–Crippen LogP) is 3.18. The minimum Gasteiger partial charge on any atom is -0.334 e. The first-order chi connectivity index (χ1) is 13.5. The number of amides is 1. The highest BCUT2D eigenvalue weighted by Crippen LogP contribution is 2.43. The van der Waals surface area contributed by atoms with Gasteiger partial charge in [0, 0.05) is 31.5 Å². The van der Waals surface area contributed by atoms with Gasteiger partial charge in [0.25, 0.3) is 5.91 Å². The van der Waals surface area contributed by atoms with E-state index in [1.165, 1.54) is 18.9 Å². The van der Waals surface area contributed by atoms with E-state index in [-0.39, 0.29) is 23.6 Å². The van der Waals surface area contributed by atoms with Gasteiger partial charge in [0.05, 0.1) is 12.2 Å². The fourth-order valence-electron chi connectivity index (χ4n) is 2.86. The van der Waals surface area contributed by atoms with Crippen molar-refractivity contribution in [3.8, 4) is 0 Å². The number of hydrogen-bond acceptors (Lipinski definition) is 4. The second-order valence-corrected chi connectivity index (χ2v) is 6.45. The highest BCUT2D eigenvalue weighted by atomic mass is 19.4. The third kappa shape index (κ3) is 3.66. The van der Waals surface area contributed by atoms with Gasteiger partial charge in [-0.1, -0.05) is 0 Å². The summed E-state index contributed by atoms with van der Waals surface area (Å²) in [5.41, 5.74) is -1.31. The summed E-state index contributed by atoms with van der Waals surface area (Å²) in [5, 5.41) is 7.77. The molecule has 3 aromatic heterocycles. The molecule has 0 aliphatic rings. The molecule has 0 aromatic carbocycles. The summed E-state index contributed by atoms with van der Waals surface area (Å²) in [6, 6.07) is 3.40. The molecule has 0 saturated heterocycles. The third-order valence-electron chi connectivity index (χ3n) is 4.30. The summed E-state index contributed by atoms with van der Waals surface area (Å²) in [6.07, 6.45) is -4.25. The number of aryl methyl sites for hydroxylation is 2. The van der Waals surface area contributed by atoms with Crippen molar-refractivity contribution in [3.63, 3.8) is 0 Å². The Morgan fingerprint density at radius 3 is 2.52 bits per heavy atom. The normalized spacial score (nSPS) is 12.6. The van der Waals surface area contributed by atoms with E-state index < -0.39 is 23.7 Å². The lowest BCUT2D eigenvalue weighted by Gasteiger charge is -2.20. The molecule has 156 valence electrons. The van der Waals surface area contributed by atoms with Crippen LogP contribution in [0, 0.1) is 6.92 Å². The lowest BCUT2D eigenvalue weighted by atomic mass is 10.2. The van der Waals surface area contributed by atoms with E-state index in [0.29, 0.717) is 17.1 Å². The Kier molecular flexibility index (Phi) is 5.05. The molecule has 3 aromatic rings. The van der Waals surface area contributed by atoms with Gasteiger partial charge in [0.2, 0.25) is 0 Å². The Morgan fingerprint density at radius 2 is 1.90 bits per heavy atom. The number of alkyl halides is 5. The molecule has 0 N–H and O–H groups in total. The van der Waals surface area contributed by atoms with Gasteiger partial charge in [-0.3, -0.25) is 9.48 Å². The van der Waals surface area contributed by atoms with Gasteiger partial charge in [-0.2, -0.15) is 32.1 Å². The fraction of sp³-hybridized carbons (Fsp3) is 0.412. The molecule has 0 radical (unpaired) electrons. The first-order valence-electron chi connectivity index (χ1n) is 8.54. The summed E-state index contributed by atoms with van der Waals surface area (Å²) in [4.78, 5) is 17.8. The molecule has 0 aliphatic heterocycles. The van der Waals surface area contributed by atoms with Gasteiger partial charge in [0.1, 0.15) is 5.69 Å². The molecule has 12 heteroatoms. The highest BCUT2D eigenvalue weighted by molar-refractivity contribution is 5.93. The number of carbonyl (C=O) groups is 1. The van der Waals surface area contributed by atoms with Crippen molar-refractivity contribution in [1.29, 1.82) is 0 Å². The van der Waals surface area contributed by atoms with Crippen LogP contribution < -0.4 is 0 Å². The van der Waals surface area contributed by atoms with Crippen molar-refractivity contribution in [2.45, 2.75) is 39.0 Å². The molecule has 0 aliphatic carbocycles. The summed E-state index contributed by atoms with van der Waals surface area (Å²) < 4.78 is 68.5. The van der Waals surface area contributed by atoms with Crippen molar-refractivity contribution in [3.05, 3.63) is 47.2 Å². The largest absolute Gasteiger partial charge is 0.459 e. The monoisotopic (exact) mass is 416 g/mol. The highest BCUT2D eigenvalue weighted by Gasteiger charge is 2.60. The summed E-state index contributed by atoms with van der Waals surface area (Å²) in [5.74, 6) is -5.82. The van der Waals surface area contributed by atoms with Crippen LogP contribution in [0.1, 0.15) is 34.5 Å². The molecule has 7 nitrogen and oxygen atoms in total. The Balaban J connectivity index is 1.99. The topological polar surface area (TPSA) is 68.3 Å². The number of halogens is 5. The number of hydrogen-bond donors (Lipinski definition) is 0. The van der Waals surface area contributed by atoms with Gasteiger partial charge >= 0.3 is 12.1 Å². The van der Waals surface area contributed by atoms with Gasteiger partial charge < -0.3 is 4.90 Å². The maximum absolute atomic E-state index is 14.0. The lowest BCUT2D eigenvalue weighted by Crippen LogP contribution is -2.36. The summed E-state index contributed by atoms with van der Waals surface area (Å²) >= 11 is 0. The zero-order valence-electron chi connectivity index (χ0n) is 15.7. The third-order valence-corrected chi connectivity index (χ3v) is 4.30. The first-order valence-corrected chi connectivity index (χ1v) is 8.54. The fourth-order valence-corrected chi connectivity index (χ4v) is 2.86. The van der Waals surface area contributed by atoms with Crippen LogP contribution in [0.25, 0.3) is 5.65 Å². The first kappa shape index (κ1) is 20.7. The maximum Gasteiger partial charge on any atom is 0.459 e. The zero-order valence-corrected chi connectivity index (χ0v) is 15.7. The van der Waals surface area contributed by atoms with E-state index in [2.05, 4.69) is 15.2 Å². The van der Waals surface area contributed by atoms with Crippen LogP contribution >= 0.6 is 0 Å². The van der Waals surface area contributed by atoms with Crippen LogP contribution in [0.3, 0.4) is 0 Å². The second kappa shape index (κ2) is 7.08. The molecule has 0 unspecified atom stereocenters. The number of fused-ring (bicyclic) bond motifs is 1. The van der Waals surface area contributed by atoms with Gasteiger partial charge in [-0.05, 0) is 26.0 Å². The van der Waals surface area contributed by atoms with Crippen molar-refractivity contribution in [2.75, 3.05) is 7.05 Å². The molecule has 0 bridgehead atoms. The van der Waals surface area contributed by atoms with Crippen molar-refractivity contribution in [2.24, 2.45) is 0 Å². The van der Waals surface area contributed by atoms with Gasteiger partial charge in [-0.15, -0.1) is 0 Å². The Morgan fingerprint density at radius 1 is 1.21 bits per heavy atom. The zero-order chi connectivity index (χ0) is 21.6. The van der Waals surface area contributed by atoms with E-state index in [4.69, 9.17) is 0 Å². The van der Waals surface area contributed by atoms with E-state index in [1.807, 2.05) is 6.92 Å². The van der Waals surface area contributed by atoms with E-state index >= 15 is 0 Å². The van der Waals surface area contributed by atoms with Crippen LogP contribution in [0.15, 0.2) is 24.4 Å². The van der Waals surface area contributed by atoms with E-state index in [0.717, 1.165) is 11.8 Å². The molecule has 0 saturated carbocycles. The summed E-state index contributed by atoms with van der Waals surface area (Å²) in [7, 11) is 1.46. The van der Waals surface area contributed by atoms with Crippen LogP contribution in [0.5, 0.6) is 0 Å². The van der Waals surface area contributed by atoms with Crippen molar-refractivity contribution in [1.82, 2.24) is 29.3 Å². The number of aromatic nitrogens is 5. The molecule has 3 heterocycles. The quantitative estimate of drug-likeness (QED) is 0.600.